The molecule has 2 rings (SSSR count). The zero-order chi connectivity index (χ0) is 15.4. The molecule has 0 aliphatic heterocycles. The van der Waals surface area contributed by atoms with Gasteiger partial charge < -0.3 is 20.3 Å². The van der Waals surface area contributed by atoms with Crippen molar-refractivity contribution in [2.75, 3.05) is 5.32 Å². The van der Waals surface area contributed by atoms with Gasteiger partial charge in [0, 0.05) is 18.3 Å². The smallest absolute Gasteiger partial charge is 0.387 e. The van der Waals surface area contributed by atoms with E-state index in [1.54, 1.807) is 6.07 Å². The van der Waals surface area contributed by atoms with E-state index in [4.69, 9.17) is 0 Å². The van der Waals surface area contributed by atoms with Gasteiger partial charge in [0.15, 0.2) is 23.1 Å². The van der Waals surface area contributed by atoms with E-state index in [0.29, 0.717) is 11.3 Å². The Labute approximate surface area is 118 Å². The number of halogens is 3. The Morgan fingerprint density at radius 3 is 2.43 bits per heavy atom. The number of phenols is 2. The zero-order valence-corrected chi connectivity index (χ0v) is 10.7. The molecule has 0 unspecified atom stereocenters. The number of aromatic hydroxyl groups is 2. The summed E-state index contributed by atoms with van der Waals surface area (Å²) in [5.41, 5.74) is 1.01. The van der Waals surface area contributed by atoms with Crippen LogP contribution in [0.2, 0.25) is 0 Å². The molecule has 0 saturated carbocycles. The van der Waals surface area contributed by atoms with Crippen molar-refractivity contribution in [1.82, 2.24) is 0 Å². The number of benzene rings is 2. The van der Waals surface area contributed by atoms with Crippen molar-refractivity contribution in [3.05, 3.63) is 47.8 Å². The van der Waals surface area contributed by atoms with Gasteiger partial charge in [-0.2, -0.15) is 8.78 Å². The second kappa shape index (κ2) is 6.25. The molecule has 0 spiro atoms. The lowest BCUT2D eigenvalue weighted by Gasteiger charge is -2.10. The van der Waals surface area contributed by atoms with Crippen LogP contribution in [0.25, 0.3) is 0 Å². The zero-order valence-electron chi connectivity index (χ0n) is 10.7. The Kier molecular flexibility index (Phi) is 4.42. The number of anilines is 1. The van der Waals surface area contributed by atoms with Crippen LogP contribution in [0.3, 0.4) is 0 Å². The highest BCUT2D eigenvalue weighted by Crippen LogP contribution is 2.26. The SMILES string of the molecule is Oc1ccc(CNc2ccc(OC(F)F)c(F)c2)cc1O. The molecular weight excluding hydrogens is 287 g/mol. The molecule has 7 heteroatoms. The summed E-state index contributed by atoms with van der Waals surface area (Å²) in [7, 11) is 0. The Morgan fingerprint density at radius 2 is 1.81 bits per heavy atom. The second-order valence-corrected chi connectivity index (χ2v) is 4.20. The van der Waals surface area contributed by atoms with E-state index < -0.39 is 18.2 Å². The molecule has 0 amide bonds. The molecule has 112 valence electrons. The van der Waals surface area contributed by atoms with Crippen LogP contribution in [0.4, 0.5) is 18.9 Å². The first-order valence-electron chi connectivity index (χ1n) is 5.95. The van der Waals surface area contributed by atoms with E-state index in [2.05, 4.69) is 10.1 Å². The standard InChI is InChI=1S/C14H12F3NO3/c15-10-6-9(2-4-13(10)21-14(16)17)18-7-8-1-3-11(19)12(20)5-8/h1-6,14,18-20H,7H2. The summed E-state index contributed by atoms with van der Waals surface area (Å²) in [6, 6.07) is 7.77. The predicted molar refractivity (Wildman–Crippen MR) is 70.1 cm³/mol. The van der Waals surface area contributed by atoms with E-state index >= 15 is 0 Å². The van der Waals surface area contributed by atoms with E-state index in [1.807, 2.05) is 0 Å². The summed E-state index contributed by atoms with van der Waals surface area (Å²) in [5.74, 6) is -1.94. The molecule has 0 bridgehead atoms. The molecular formula is C14H12F3NO3. The van der Waals surface area contributed by atoms with Crippen LogP contribution in [0, 0.1) is 5.82 Å². The van der Waals surface area contributed by atoms with Gasteiger partial charge in [-0.05, 0) is 29.8 Å². The van der Waals surface area contributed by atoms with E-state index in [-0.39, 0.29) is 18.0 Å². The van der Waals surface area contributed by atoms with Crippen molar-refractivity contribution in [2.24, 2.45) is 0 Å². The second-order valence-electron chi connectivity index (χ2n) is 4.20. The number of nitrogens with one attached hydrogen (secondary N) is 1. The first-order valence-corrected chi connectivity index (χ1v) is 5.95. The molecule has 3 N–H and O–H groups in total. The summed E-state index contributed by atoms with van der Waals surface area (Å²) in [6.45, 7) is -2.83. The normalized spacial score (nSPS) is 10.7. The molecule has 0 heterocycles. The number of hydrogen-bond donors (Lipinski definition) is 3. The van der Waals surface area contributed by atoms with Gasteiger partial charge in [-0.25, -0.2) is 4.39 Å². The maximum atomic E-state index is 13.5. The van der Waals surface area contributed by atoms with Gasteiger partial charge >= 0.3 is 6.61 Å². The quantitative estimate of drug-likeness (QED) is 0.740. The van der Waals surface area contributed by atoms with Crippen LogP contribution in [0.5, 0.6) is 17.2 Å². The average molecular weight is 299 g/mol. The molecule has 0 saturated heterocycles. The number of ether oxygens (including phenoxy) is 1. The van der Waals surface area contributed by atoms with Gasteiger partial charge in [0.1, 0.15) is 0 Å². The molecule has 0 aromatic heterocycles. The fourth-order valence-corrected chi connectivity index (χ4v) is 1.69. The third-order valence-electron chi connectivity index (χ3n) is 2.68. The highest BCUT2D eigenvalue weighted by atomic mass is 19.3. The van der Waals surface area contributed by atoms with Crippen molar-refractivity contribution >= 4 is 5.69 Å². The van der Waals surface area contributed by atoms with Crippen LogP contribution in [0.15, 0.2) is 36.4 Å². The van der Waals surface area contributed by atoms with Crippen molar-refractivity contribution < 1.29 is 28.1 Å². The minimum Gasteiger partial charge on any atom is -0.504 e. The van der Waals surface area contributed by atoms with Gasteiger partial charge in [0.05, 0.1) is 0 Å². The van der Waals surface area contributed by atoms with Gasteiger partial charge in [0.2, 0.25) is 0 Å². The fourth-order valence-electron chi connectivity index (χ4n) is 1.69. The molecule has 21 heavy (non-hydrogen) atoms. The number of hydrogen-bond acceptors (Lipinski definition) is 4. The lowest BCUT2D eigenvalue weighted by molar-refractivity contribution is -0.0521. The predicted octanol–water partition coefficient (Wildman–Crippen LogP) is 3.45. The molecule has 0 radical (unpaired) electrons. The van der Waals surface area contributed by atoms with Gasteiger partial charge in [0.25, 0.3) is 0 Å². The van der Waals surface area contributed by atoms with Crippen LogP contribution < -0.4 is 10.1 Å². The fraction of sp³-hybridized carbons (Fsp3) is 0.143. The molecule has 2 aromatic carbocycles. The largest absolute Gasteiger partial charge is 0.504 e. The average Bonchev–Trinajstić information content (AvgIpc) is 2.42. The van der Waals surface area contributed by atoms with Crippen LogP contribution in [-0.2, 0) is 6.54 Å². The maximum Gasteiger partial charge on any atom is 0.387 e. The summed E-state index contributed by atoms with van der Waals surface area (Å²) >= 11 is 0. The highest BCUT2D eigenvalue weighted by Gasteiger charge is 2.10. The summed E-state index contributed by atoms with van der Waals surface area (Å²) in [6.07, 6.45) is 0. The monoisotopic (exact) mass is 299 g/mol. The summed E-state index contributed by atoms with van der Waals surface area (Å²) < 4.78 is 41.5. The topological polar surface area (TPSA) is 61.7 Å². The lowest BCUT2D eigenvalue weighted by Crippen LogP contribution is -2.05. The molecule has 4 nitrogen and oxygen atoms in total. The first-order chi connectivity index (χ1) is 9.95. The minimum atomic E-state index is -3.08. The molecule has 0 atom stereocenters. The van der Waals surface area contributed by atoms with Gasteiger partial charge in [-0.15, -0.1) is 0 Å². The van der Waals surface area contributed by atoms with Crippen LogP contribution in [-0.4, -0.2) is 16.8 Å². The Bertz CT molecular complexity index is 635. The molecule has 0 aliphatic carbocycles. The van der Waals surface area contributed by atoms with Crippen molar-refractivity contribution in [2.45, 2.75) is 13.2 Å². The molecule has 0 fully saturated rings. The maximum absolute atomic E-state index is 13.5. The third-order valence-corrected chi connectivity index (χ3v) is 2.68. The Hall–Kier alpha value is -2.57. The molecule has 0 aliphatic rings. The lowest BCUT2D eigenvalue weighted by atomic mass is 10.2. The van der Waals surface area contributed by atoms with Gasteiger partial charge in [-0.3, -0.25) is 0 Å². The van der Waals surface area contributed by atoms with E-state index in [0.717, 1.165) is 12.1 Å². The van der Waals surface area contributed by atoms with Crippen molar-refractivity contribution in [3.8, 4) is 17.2 Å². The Morgan fingerprint density at radius 1 is 1.05 bits per heavy atom. The summed E-state index contributed by atoms with van der Waals surface area (Å²) in [5, 5.41) is 21.4. The number of rotatable bonds is 5. The van der Waals surface area contributed by atoms with Crippen LogP contribution >= 0.6 is 0 Å². The van der Waals surface area contributed by atoms with Crippen LogP contribution in [0.1, 0.15) is 5.56 Å². The Balaban J connectivity index is 2.03. The highest BCUT2D eigenvalue weighted by molar-refractivity contribution is 5.48. The first kappa shape index (κ1) is 14.8. The summed E-state index contributed by atoms with van der Waals surface area (Å²) in [4.78, 5) is 0. The minimum absolute atomic E-state index is 0.238. The van der Waals surface area contributed by atoms with E-state index in [1.165, 1.54) is 18.2 Å². The van der Waals surface area contributed by atoms with Crippen molar-refractivity contribution in [3.63, 3.8) is 0 Å². The van der Waals surface area contributed by atoms with E-state index in [9.17, 15) is 23.4 Å². The van der Waals surface area contributed by atoms with Gasteiger partial charge in [-0.1, -0.05) is 6.07 Å². The van der Waals surface area contributed by atoms with Crippen molar-refractivity contribution in [1.29, 1.82) is 0 Å². The molecule has 2 aromatic rings. The number of alkyl halides is 2. The third kappa shape index (κ3) is 3.95. The number of phenolic OH excluding ortho intramolecular Hbond substituents is 2.